The van der Waals surface area contributed by atoms with Crippen LogP contribution in [-0.4, -0.2) is 29.8 Å². The molecule has 6 heteroatoms. The molecule has 0 unspecified atom stereocenters. The van der Waals surface area contributed by atoms with Gasteiger partial charge in [0.15, 0.2) is 12.0 Å². The number of nitrogens with zero attached hydrogens (tertiary/aromatic N) is 2. The van der Waals surface area contributed by atoms with E-state index in [9.17, 15) is 9.59 Å². The molecule has 6 nitrogen and oxygen atoms in total. The van der Waals surface area contributed by atoms with E-state index in [0.717, 1.165) is 30.6 Å². The number of hydrogen-bond donors (Lipinski definition) is 1. The number of rotatable bonds is 5. The minimum atomic E-state index is -0.689. The molecule has 0 saturated heterocycles. The number of hydrogen-bond acceptors (Lipinski definition) is 4. The Morgan fingerprint density at radius 2 is 2.18 bits per heavy atom. The van der Waals surface area contributed by atoms with E-state index in [1.54, 1.807) is 18.3 Å². The SMILES string of the molecule is CN(C#N)C(=O)[C@H](CC1CCCCC1)NC(=O)c1ccco1. The van der Waals surface area contributed by atoms with Gasteiger partial charge in [-0.15, -0.1) is 0 Å². The average Bonchev–Trinajstić information content (AvgIpc) is 3.08. The first-order valence-corrected chi connectivity index (χ1v) is 7.63. The van der Waals surface area contributed by atoms with Gasteiger partial charge in [-0.3, -0.25) is 14.5 Å². The lowest BCUT2D eigenvalue weighted by atomic mass is 9.84. The van der Waals surface area contributed by atoms with E-state index >= 15 is 0 Å². The third kappa shape index (κ3) is 4.10. The van der Waals surface area contributed by atoms with Crippen molar-refractivity contribution in [1.29, 1.82) is 5.26 Å². The fourth-order valence-electron chi connectivity index (χ4n) is 2.90. The maximum absolute atomic E-state index is 12.3. The largest absolute Gasteiger partial charge is 0.459 e. The van der Waals surface area contributed by atoms with Gasteiger partial charge in [-0.25, -0.2) is 0 Å². The van der Waals surface area contributed by atoms with E-state index < -0.39 is 11.9 Å². The van der Waals surface area contributed by atoms with Crippen LogP contribution in [0.5, 0.6) is 0 Å². The van der Waals surface area contributed by atoms with Crippen LogP contribution in [0.15, 0.2) is 22.8 Å². The Kier molecular flexibility index (Phi) is 5.59. The highest BCUT2D eigenvalue weighted by molar-refractivity contribution is 5.95. The van der Waals surface area contributed by atoms with E-state index in [1.807, 2.05) is 0 Å². The molecule has 1 fully saturated rings. The van der Waals surface area contributed by atoms with E-state index in [2.05, 4.69) is 5.32 Å². The maximum atomic E-state index is 12.3. The third-order valence-corrected chi connectivity index (χ3v) is 4.12. The van der Waals surface area contributed by atoms with E-state index in [1.165, 1.54) is 19.7 Å². The second-order valence-corrected chi connectivity index (χ2v) is 5.74. The molecule has 1 aromatic rings. The second-order valence-electron chi connectivity index (χ2n) is 5.74. The van der Waals surface area contributed by atoms with E-state index in [-0.39, 0.29) is 11.7 Å². The first kappa shape index (κ1) is 16.1. The van der Waals surface area contributed by atoms with Crippen molar-refractivity contribution in [2.24, 2.45) is 5.92 Å². The maximum Gasteiger partial charge on any atom is 0.287 e. The van der Waals surface area contributed by atoms with Crippen molar-refractivity contribution >= 4 is 11.8 Å². The summed E-state index contributed by atoms with van der Waals surface area (Å²) in [7, 11) is 1.41. The Balaban J connectivity index is 2.05. The van der Waals surface area contributed by atoms with Crippen molar-refractivity contribution in [1.82, 2.24) is 10.2 Å². The molecule has 1 aliphatic rings. The number of amides is 2. The van der Waals surface area contributed by atoms with Gasteiger partial charge < -0.3 is 9.73 Å². The van der Waals surface area contributed by atoms with Gasteiger partial charge in [-0.2, -0.15) is 5.26 Å². The van der Waals surface area contributed by atoms with Gasteiger partial charge in [0.2, 0.25) is 0 Å². The molecule has 2 rings (SSSR count). The van der Waals surface area contributed by atoms with Crippen molar-refractivity contribution in [3.63, 3.8) is 0 Å². The summed E-state index contributed by atoms with van der Waals surface area (Å²) >= 11 is 0. The number of likely N-dealkylation sites (N-methyl/N-ethyl adjacent to an activating group) is 1. The topological polar surface area (TPSA) is 86.3 Å². The van der Waals surface area contributed by atoms with Crippen LogP contribution in [0.25, 0.3) is 0 Å². The van der Waals surface area contributed by atoms with E-state index in [0.29, 0.717) is 12.3 Å². The zero-order valence-corrected chi connectivity index (χ0v) is 12.7. The molecule has 1 heterocycles. The van der Waals surface area contributed by atoms with Gasteiger partial charge >= 0.3 is 0 Å². The summed E-state index contributed by atoms with van der Waals surface area (Å²) in [6, 6.07) is 2.48. The average molecular weight is 303 g/mol. The molecule has 0 aliphatic heterocycles. The lowest BCUT2D eigenvalue weighted by molar-refractivity contribution is -0.129. The van der Waals surface area contributed by atoms with Crippen LogP contribution in [0.1, 0.15) is 49.1 Å². The Bertz CT molecular complexity index is 541. The van der Waals surface area contributed by atoms with Crippen LogP contribution in [-0.2, 0) is 4.79 Å². The van der Waals surface area contributed by atoms with Crippen LogP contribution in [0.3, 0.4) is 0 Å². The van der Waals surface area contributed by atoms with Crippen molar-refractivity contribution in [3.8, 4) is 6.19 Å². The predicted molar refractivity (Wildman–Crippen MR) is 79.5 cm³/mol. The van der Waals surface area contributed by atoms with Gasteiger partial charge in [-0.1, -0.05) is 32.1 Å². The van der Waals surface area contributed by atoms with Crippen molar-refractivity contribution in [3.05, 3.63) is 24.2 Å². The van der Waals surface area contributed by atoms with Crippen LogP contribution < -0.4 is 5.32 Å². The summed E-state index contributed by atoms with van der Waals surface area (Å²) < 4.78 is 5.05. The molecule has 118 valence electrons. The van der Waals surface area contributed by atoms with Gasteiger partial charge in [0.1, 0.15) is 6.04 Å². The molecule has 1 aliphatic carbocycles. The highest BCUT2D eigenvalue weighted by Gasteiger charge is 2.29. The summed E-state index contributed by atoms with van der Waals surface area (Å²) in [4.78, 5) is 25.4. The predicted octanol–water partition coefficient (Wildman–Crippen LogP) is 2.29. The van der Waals surface area contributed by atoms with Crippen LogP contribution in [0.4, 0.5) is 0 Å². The normalized spacial score (nSPS) is 16.5. The molecule has 1 aromatic heterocycles. The van der Waals surface area contributed by atoms with Crippen LogP contribution >= 0.6 is 0 Å². The Morgan fingerprint density at radius 1 is 1.45 bits per heavy atom. The molecule has 2 amide bonds. The van der Waals surface area contributed by atoms with Gasteiger partial charge in [0, 0.05) is 7.05 Å². The molecule has 1 saturated carbocycles. The fourth-order valence-corrected chi connectivity index (χ4v) is 2.90. The monoisotopic (exact) mass is 303 g/mol. The highest BCUT2D eigenvalue weighted by atomic mass is 16.3. The molecule has 22 heavy (non-hydrogen) atoms. The first-order valence-electron chi connectivity index (χ1n) is 7.63. The molecule has 1 N–H and O–H groups in total. The lowest BCUT2D eigenvalue weighted by Crippen LogP contribution is -2.47. The summed E-state index contributed by atoms with van der Waals surface area (Å²) in [5, 5.41) is 11.6. The Hall–Kier alpha value is -2.29. The first-order chi connectivity index (χ1) is 10.6. The van der Waals surface area contributed by atoms with Crippen molar-refractivity contribution < 1.29 is 14.0 Å². The summed E-state index contributed by atoms with van der Waals surface area (Å²) in [6.45, 7) is 0. The molecule has 0 spiro atoms. The van der Waals surface area contributed by atoms with Crippen molar-refractivity contribution in [2.75, 3.05) is 7.05 Å². The molecule has 0 radical (unpaired) electrons. The Labute approximate surface area is 130 Å². The third-order valence-electron chi connectivity index (χ3n) is 4.12. The lowest BCUT2D eigenvalue weighted by Gasteiger charge is -2.27. The van der Waals surface area contributed by atoms with Gasteiger partial charge in [-0.05, 0) is 24.5 Å². The summed E-state index contributed by atoms with van der Waals surface area (Å²) in [5.74, 6) is -0.230. The smallest absolute Gasteiger partial charge is 0.287 e. The van der Waals surface area contributed by atoms with Crippen LogP contribution in [0.2, 0.25) is 0 Å². The van der Waals surface area contributed by atoms with Gasteiger partial charge in [0.25, 0.3) is 11.8 Å². The summed E-state index contributed by atoms with van der Waals surface area (Å²) in [5.41, 5.74) is 0. The number of nitriles is 1. The molecular weight excluding hydrogens is 282 g/mol. The molecule has 0 aromatic carbocycles. The number of carbonyl (C=O) groups excluding carboxylic acids is 2. The quantitative estimate of drug-likeness (QED) is 0.668. The van der Waals surface area contributed by atoms with Crippen molar-refractivity contribution in [2.45, 2.75) is 44.6 Å². The number of nitrogens with one attached hydrogen (secondary N) is 1. The molecule has 1 atom stereocenters. The summed E-state index contributed by atoms with van der Waals surface area (Å²) in [6.07, 6.45) is 9.45. The zero-order chi connectivity index (χ0) is 15.9. The Morgan fingerprint density at radius 3 is 2.77 bits per heavy atom. The van der Waals surface area contributed by atoms with Gasteiger partial charge in [0.05, 0.1) is 6.26 Å². The molecule has 0 bridgehead atoms. The standard InChI is InChI=1S/C16H21N3O3/c1-19(11-17)16(21)13(10-12-6-3-2-4-7-12)18-15(20)14-8-5-9-22-14/h5,8-9,12-13H,2-4,6-7,10H2,1H3,(H,18,20)/t13-/m0/s1. The minimum Gasteiger partial charge on any atom is -0.459 e. The number of carbonyl (C=O) groups is 2. The highest BCUT2D eigenvalue weighted by Crippen LogP contribution is 2.27. The minimum absolute atomic E-state index is 0.168. The fraction of sp³-hybridized carbons (Fsp3) is 0.562. The van der Waals surface area contributed by atoms with E-state index in [4.69, 9.17) is 9.68 Å². The second kappa shape index (κ2) is 7.64. The zero-order valence-electron chi connectivity index (χ0n) is 12.7. The number of furan rings is 1. The van der Waals surface area contributed by atoms with Crippen LogP contribution in [0, 0.1) is 17.4 Å². The molecular formula is C16H21N3O3.